The van der Waals surface area contributed by atoms with Gasteiger partial charge in [-0.25, -0.2) is 0 Å². The molecule has 0 spiro atoms. The lowest BCUT2D eigenvalue weighted by Gasteiger charge is -2.34. The van der Waals surface area contributed by atoms with Gasteiger partial charge in [0, 0.05) is 22.4 Å². The third kappa shape index (κ3) is 6.69. The van der Waals surface area contributed by atoms with Gasteiger partial charge in [0.2, 0.25) is 0 Å². The van der Waals surface area contributed by atoms with E-state index in [1.807, 2.05) is 0 Å². The van der Waals surface area contributed by atoms with Crippen LogP contribution in [-0.4, -0.2) is 10.3 Å². The molecule has 2 nitrogen and oxygen atoms in total. The summed E-state index contributed by atoms with van der Waals surface area (Å²) in [5.41, 5.74) is 18.4. The number of benzene rings is 10. The lowest BCUT2D eigenvalue weighted by Crippen LogP contribution is -2.36. The highest BCUT2D eigenvalue weighted by molar-refractivity contribution is 6.23. The van der Waals surface area contributed by atoms with Crippen LogP contribution in [0.2, 0.25) is 0 Å². The van der Waals surface area contributed by atoms with E-state index in [9.17, 15) is 0 Å². The number of para-hydroxylation sites is 1. The predicted molar refractivity (Wildman–Crippen MR) is 275 cm³/mol. The first-order chi connectivity index (χ1) is 32.7. The fourth-order valence-electron chi connectivity index (χ4n) is 10.6. The maximum Gasteiger partial charge on any atom is 0.0901 e. The average Bonchev–Trinajstić information content (AvgIpc) is 3.94. The number of hydrogen-bond donors (Lipinski definition) is 0. The standard InChI is InChI=1S/C64H46N2/c1-6-18-46(19-7-1)48-32-30-45(31-33-48)44-57(50-36-34-49(35-37-50)47-20-8-2-9-21-47)51-38-40-55(41-39-51)66-59-29-17-16-28-56(59)61-60(66)43-42-58-62(61)65-63(52-22-10-3-11-23-52)64(58,53-24-12-4-13-25-53)54-26-14-5-15-27-54/h1-43,57H,44H2. The van der Waals surface area contributed by atoms with E-state index in [0.717, 1.165) is 40.1 Å². The van der Waals surface area contributed by atoms with Crippen LogP contribution in [-0.2, 0) is 11.8 Å². The summed E-state index contributed by atoms with van der Waals surface area (Å²) in [4.78, 5) is 5.78. The molecule has 12 rings (SSSR count). The number of rotatable bonds is 10. The zero-order valence-corrected chi connectivity index (χ0v) is 36.5. The Morgan fingerprint density at radius 1 is 0.379 bits per heavy atom. The number of hydrogen-bond acceptors (Lipinski definition) is 1. The van der Waals surface area contributed by atoms with Crippen LogP contribution in [0.15, 0.2) is 266 Å². The highest BCUT2D eigenvalue weighted by Crippen LogP contribution is 2.54. The highest BCUT2D eigenvalue weighted by atomic mass is 15.0. The third-order valence-corrected chi connectivity index (χ3v) is 13.7. The molecule has 0 aliphatic carbocycles. The van der Waals surface area contributed by atoms with Crippen LogP contribution in [0, 0.1) is 0 Å². The molecule has 312 valence electrons. The van der Waals surface area contributed by atoms with Gasteiger partial charge in [0.05, 0.1) is 27.8 Å². The van der Waals surface area contributed by atoms with Crippen molar-refractivity contribution in [3.63, 3.8) is 0 Å². The zero-order chi connectivity index (χ0) is 43.9. The van der Waals surface area contributed by atoms with Gasteiger partial charge in [-0.05, 0) is 91.9 Å². The Morgan fingerprint density at radius 3 is 1.39 bits per heavy atom. The summed E-state index contributed by atoms with van der Waals surface area (Å²) >= 11 is 0. The molecule has 2 heteroatoms. The molecule has 0 saturated carbocycles. The summed E-state index contributed by atoms with van der Waals surface area (Å²) in [7, 11) is 0. The van der Waals surface area contributed by atoms with Gasteiger partial charge < -0.3 is 4.57 Å². The summed E-state index contributed by atoms with van der Waals surface area (Å²) < 4.78 is 2.43. The molecule has 1 aliphatic heterocycles. The van der Waals surface area contributed by atoms with E-state index in [2.05, 4.69) is 265 Å². The molecule has 66 heavy (non-hydrogen) atoms. The van der Waals surface area contributed by atoms with Crippen LogP contribution in [0.4, 0.5) is 5.69 Å². The van der Waals surface area contributed by atoms with Crippen molar-refractivity contribution in [1.29, 1.82) is 0 Å². The molecule has 1 atom stereocenters. The fourth-order valence-corrected chi connectivity index (χ4v) is 10.6. The zero-order valence-electron chi connectivity index (χ0n) is 36.5. The van der Waals surface area contributed by atoms with Gasteiger partial charge in [-0.1, -0.05) is 237 Å². The van der Waals surface area contributed by atoms with E-state index in [0.29, 0.717) is 0 Å². The van der Waals surface area contributed by atoms with Crippen molar-refractivity contribution in [3.05, 3.63) is 300 Å². The topological polar surface area (TPSA) is 17.3 Å². The second-order valence-corrected chi connectivity index (χ2v) is 17.4. The molecule has 11 aromatic rings. The van der Waals surface area contributed by atoms with Gasteiger partial charge in [0.15, 0.2) is 0 Å². The largest absolute Gasteiger partial charge is 0.309 e. The molecular weight excluding hydrogens is 797 g/mol. The van der Waals surface area contributed by atoms with Gasteiger partial charge in [0.1, 0.15) is 0 Å². The molecule has 0 amide bonds. The molecule has 1 aromatic heterocycles. The second kappa shape index (κ2) is 16.7. The first-order valence-corrected chi connectivity index (χ1v) is 23.0. The second-order valence-electron chi connectivity index (χ2n) is 17.4. The smallest absolute Gasteiger partial charge is 0.0901 e. The van der Waals surface area contributed by atoms with E-state index in [-0.39, 0.29) is 5.92 Å². The number of aromatic nitrogens is 1. The number of fused-ring (bicyclic) bond motifs is 5. The molecule has 0 bridgehead atoms. The van der Waals surface area contributed by atoms with Crippen molar-refractivity contribution in [2.24, 2.45) is 4.99 Å². The molecule has 2 heterocycles. The highest BCUT2D eigenvalue weighted by Gasteiger charge is 2.48. The molecule has 10 aromatic carbocycles. The van der Waals surface area contributed by atoms with Crippen LogP contribution < -0.4 is 0 Å². The first kappa shape index (κ1) is 39.3. The Labute approximate surface area is 386 Å². The normalized spacial score (nSPS) is 13.4. The number of aliphatic imine (C=N–C) groups is 1. The van der Waals surface area contributed by atoms with Crippen LogP contribution in [0.1, 0.15) is 44.9 Å². The lowest BCUT2D eigenvalue weighted by molar-refractivity contribution is 0.805. The van der Waals surface area contributed by atoms with Crippen molar-refractivity contribution >= 4 is 33.2 Å². The fraction of sp³-hybridized carbons (Fsp3) is 0.0469. The molecule has 0 saturated heterocycles. The SMILES string of the molecule is c1ccc(C2=Nc3c(ccc4c3c3ccccc3n4-c3ccc(C(Cc4ccc(-c5ccccc5)cc4)c4ccc(-c5ccccc5)cc4)cc3)C2(c2ccccc2)c2ccccc2)cc1. The van der Waals surface area contributed by atoms with Gasteiger partial charge in [-0.2, -0.15) is 0 Å². The molecule has 0 fully saturated rings. The van der Waals surface area contributed by atoms with Crippen molar-refractivity contribution in [2.45, 2.75) is 17.8 Å². The Hall–Kier alpha value is -8.33. The van der Waals surface area contributed by atoms with Gasteiger partial charge in [0.25, 0.3) is 0 Å². The van der Waals surface area contributed by atoms with Crippen LogP contribution >= 0.6 is 0 Å². The Kier molecular flexibility index (Phi) is 9.91. The third-order valence-electron chi connectivity index (χ3n) is 13.7. The summed E-state index contributed by atoms with van der Waals surface area (Å²) in [6.45, 7) is 0. The van der Waals surface area contributed by atoms with E-state index >= 15 is 0 Å². The van der Waals surface area contributed by atoms with Gasteiger partial charge in [-0.3, -0.25) is 4.99 Å². The molecule has 1 aliphatic rings. The van der Waals surface area contributed by atoms with E-state index < -0.39 is 5.41 Å². The minimum absolute atomic E-state index is 0.155. The minimum atomic E-state index is -0.617. The van der Waals surface area contributed by atoms with Gasteiger partial charge >= 0.3 is 0 Å². The molecular formula is C64H46N2. The molecule has 0 radical (unpaired) electrons. The van der Waals surface area contributed by atoms with Gasteiger partial charge in [-0.15, -0.1) is 0 Å². The Bertz CT molecular complexity index is 3440. The first-order valence-electron chi connectivity index (χ1n) is 23.0. The molecule has 0 N–H and O–H groups in total. The Morgan fingerprint density at radius 2 is 0.833 bits per heavy atom. The lowest BCUT2D eigenvalue weighted by atomic mass is 9.65. The maximum absolute atomic E-state index is 5.78. The minimum Gasteiger partial charge on any atom is -0.309 e. The number of nitrogens with zero attached hydrogens (tertiary/aromatic N) is 2. The monoisotopic (exact) mass is 842 g/mol. The van der Waals surface area contributed by atoms with Crippen molar-refractivity contribution in [1.82, 2.24) is 4.57 Å². The predicted octanol–water partition coefficient (Wildman–Crippen LogP) is 16.0. The summed E-state index contributed by atoms with van der Waals surface area (Å²) in [6.07, 6.45) is 0.882. The quantitative estimate of drug-likeness (QED) is 0.131. The van der Waals surface area contributed by atoms with Crippen LogP contribution in [0.5, 0.6) is 0 Å². The van der Waals surface area contributed by atoms with Crippen molar-refractivity contribution in [3.8, 4) is 27.9 Å². The average molecular weight is 843 g/mol. The van der Waals surface area contributed by atoms with E-state index in [4.69, 9.17) is 4.99 Å². The summed E-state index contributed by atoms with van der Waals surface area (Å²) in [6, 6.07) is 95.1. The van der Waals surface area contributed by atoms with E-state index in [1.54, 1.807) is 0 Å². The van der Waals surface area contributed by atoms with Crippen molar-refractivity contribution in [2.75, 3.05) is 0 Å². The molecule has 1 unspecified atom stereocenters. The van der Waals surface area contributed by atoms with Crippen molar-refractivity contribution < 1.29 is 0 Å². The maximum atomic E-state index is 5.78. The summed E-state index contributed by atoms with van der Waals surface area (Å²) in [5, 5.41) is 2.36. The Balaban J connectivity index is 0.991. The van der Waals surface area contributed by atoms with E-state index in [1.165, 1.54) is 66.4 Å². The summed E-state index contributed by atoms with van der Waals surface area (Å²) in [5.74, 6) is 0.155. The van der Waals surface area contributed by atoms with Crippen LogP contribution in [0.3, 0.4) is 0 Å². The van der Waals surface area contributed by atoms with Crippen LogP contribution in [0.25, 0.3) is 49.7 Å².